The number of carbonyl (C=O) groups excluding carboxylic acids is 1. The molecule has 1 fully saturated rings. The lowest BCUT2D eigenvalue weighted by Crippen LogP contribution is -2.26. The summed E-state index contributed by atoms with van der Waals surface area (Å²) >= 11 is 6.16. The molecule has 1 aromatic heterocycles. The lowest BCUT2D eigenvalue weighted by atomic mass is 10.2. The van der Waals surface area contributed by atoms with Crippen LogP contribution in [0.2, 0.25) is 5.02 Å². The Morgan fingerprint density at radius 2 is 2.17 bits per heavy atom. The predicted molar refractivity (Wildman–Crippen MR) is 71.8 cm³/mol. The van der Waals surface area contributed by atoms with Gasteiger partial charge >= 0.3 is 0 Å². The van der Waals surface area contributed by atoms with Gasteiger partial charge in [0.25, 0.3) is 5.91 Å². The lowest BCUT2D eigenvalue weighted by Gasteiger charge is -2.06. The van der Waals surface area contributed by atoms with Crippen LogP contribution in [0, 0.1) is 5.92 Å². The fourth-order valence-electron chi connectivity index (χ4n) is 1.90. The molecule has 3 nitrogen and oxygen atoms in total. The first-order valence-electron chi connectivity index (χ1n) is 6.07. The van der Waals surface area contributed by atoms with Crippen molar-refractivity contribution in [3.63, 3.8) is 0 Å². The standard InChI is InChI=1S/C14H13ClN2O/c15-11-7-13(14(18)16-8-9-5-6-9)17-12-4-2-1-3-10(11)12/h1-4,7,9H,5-6,8H2,(H,16,18). The average molecular weight is 261 g/mol. The lowest BCUT2D eigenvalue weighted by molar-refractivity contribution is 0.0947. The summed E-state index contributed by atoms with van der Waals surface area (Å²) < 4.78 is 0. The molecule has 0 saturated heterocycles. The number of hydrogen-bond donors (Lipinski definition) is 1. The number of halogens is 1. The number of pyridine rings is 1. The molecule has 1 saturated carbocycles. The minimum Gasteiger partial charge on any atom is -0.350 e. The minimum atomic E-state index is -0.144. The summed E-state index contributed by atoms with van der Waals surface area (Å²) in [6.45, 7) is 0.741. The maximum absolute atomic E-state index is 11.9. The van der Waals surface area contributed by atoms with Crippen LogP contribution in [0.4, 0.5) is 0 Å². The summed E-state index contributed by atoms with van der Waals surface area (Å²) in [4.78, 5) is 16.3. The number of benzene rings is 1. The number of carbonyl (C=O) groups is 1. The van der Waals surface area contributed by atoms with Gasteiger partial charge in [0.05, 0.1) is 10.5 Å². The molecule has 1 heterocycles. The van der Waals surface area contributed by atoms with Crippen molar-refractivity contribution in [1.82, 2.24) is 10.3 Å². The third-order valence-electron chi connectivity index (χ3n) is 3.15. The molecular weight excluding hydrogens is 248 g/mol. The van der Waals surface area contributed by atoms with Crippen molar-refractivity contribution in [2.24, 2.45) is 5.92 Å². The first-order valence-corrected chi connectivity index (χ1v) is 6.45. The molecule has 0 radical (unpaired) electrons. The molecular formula is C14H13ClN2O. The molecule has 0 unspecified atom stereocenters. The van der Waals surface area contributed by atoms with Crippen molar-refractivity contribution in [1.29, 1.82) is 0 Å². The van der Waals surface area contributed by atoms with Crippen LogP contribution in [-0.4, -0.2) is 17.4 Å². The second kappa shape index (κ2) is 4.58. The van der Waals surface area contributed by atoms with Crippen molar-refractivity contribution in [3.8, 4) is 0 Å². The van der Waals surface area contributed by atoms with Crippen LogP contribution in [0.1, 0.15) is 23.3 Å². The number of fused-ring (bicyclic) bond motifs is 1. The molecule has 1 amide bonds. The molecule has 0 atom stereocenters. The maximum Gasteiger partial charge on any atom is 0.269 e. The highest BCUT2D eigenvalue weighted by atomic mass is 35.5. The maximum atomic E-state index is 11.9. The van der Waals surface area contributed by atoms with Gasteiger partial charge in [-0.25, -0.2) is 4.98 Å². The van der Waals surface area contributed by atoms with Gasteiger partial charge < -0.3 is 5.32 Å². The van der Waals surface area contributed by atoms with Crippen LogP contribution < -0.4 is 5.32 Å². The van der Waals surface area contributed by atoms with E-state index in [1.165, 1.54) is 12.8 Å². The summed E-state index contributed by atoms with van der Waals surface area (Å²) in [5, 5.41) is 4.33. The third kappa shape index (κ3) is 2.31. The largest absolute Gasteiger partial charge is 0.350 e. The van der Waals surface area contributed by atoms with E-state index >= 15 is 0 Å². The van der Waals surface area contributed by atoms with E-state index in [9.17, 15) is 4.79 Å². The number of nitrogens with zero attached hydrogens (tertiary/aromatic N) is 1. The van der Waals surface area contributed by atoms with Crippen molar-refractivity contribution in [2.45, 2.75) is 12.8 Å². The van der Waals surface area contributed by atoms with E-state index in [1.807, 2.05) is 24.3 Å². The SMILES string of the molecule is O=C(NCC1CC1)c1cc(Cl)c2ccccc2n1. The van der Waals surface area contributed by atoms with E-state index in [0.29, 0.717) is 16.6 Å². The number of nitrogens with one attached hydrogen (secondary N) is 1. The van der Waals surface area contributed by atoms with E-state index in [-0.39, 0.29) is 5.91 Å². The van der Waals surface area contributed by atoms with Crippen molar-refractivity contribution in [2.75, 3.05) is 6.54 Å². The van der Waals surface area contributed by atoms with E-state index in [1.54, 1.807) is 6.07 Å². The van der Waals surface area contributed by atoms with Gasteiger partial charge in [-0.1, -0.05) is 29.8 Å². The highest BCUT2D eigenvalue weighted by molar-refractivity contribution is 6.35. The molecule has 1 aromatic carbocycles. The second-order valence-electron chi connectivity index (χ2n) is 4.66. The van der Waals surface area contributed by atoms with Gasteiger partial charge in [0.15, 0.2) is 0 Å². The van der Waals surface area contributed by atoms with Crippen LogP contribution in [0.5, 0.6) is 0 Å². The van der Waals surface area contributed by atoms with E-state index < -0.39 is 0 Å². The molecule has 0 spiro atoms. The van der Waals surface area contributed by atoms with Crippen molar-refractivity contribution in [3.05, 3.63) is 41.0 Å². The summed E-state index contributed by atoms with van der Waals surface area (Å²) in [7, 11) is 0. The Bertz CT molecular complexity index is 608. The fourth-order valence-corrected chi connectivity index (χ4v) is 2.16. The second-order valence-corrected chi connectivity index (χ2v) is 5.07. The molecule has 4 heteroatoms. The molecule has 1 aliphatic rings. The van der Waals surface area contributed by atoms with E-state index in [0.717, 1.165) is 17.4 Å². The van der Waals surface area contributed by atoms with Gasteiger partial charge in [0.2, 0.25) is 0 Å². The van der Waals surface area contributed by atoms with Crippen LogP contribution in [0.15, 0.2) is 30.3 Å². The Morgan fingerprint density at radius 1 is 1.39 bits per heavy atom. The Hall–Kier alpha value is -1.61. The Labute approximate surface area is 110 Å². The molecule has 2 aromatic rings. The fraction of sp³-hybridized carbons (Fsp3) is 0.286. The molecule has 3 rings (SSSR count). The average Bonchev–Trinajstić information content (AvgIpc) is 3.20. The number of para-hydroxylation sites is 1. The molecule has 92 valence electrons. The number of amides is 1. The quantitative estimate of drug-likeness (QED) is 0.922. The monoisotopic (exact) mass is 260 g/mol. The van der Waals surface area contributed by atoms with Crippen LogP contribution in [0.3, 0.4) is 0 Å². The van der Waals surface area contributed by atoms with Crippen LogP contribution >= 0.6 is 11.6 Å². The van der Waals surface area contributed by atoms with Gasteiger partial charge in [-0.2, -0.15) is 0 Å². The predicted octanol–water partition coefficient (Wildman–Crippen LogP) is 3.03. The Morgan fingerprint density at radius 3 is 2.94 bits per heavy atom. The van der Waals surface area contributed by atoms with E-state index in [4.69, 9.17) is 11.6 Å². The summed E-state index contributed by atoms with van der Waals surface area (Å²) in [5.74, 6) is 0.513. The first kappa shape index (κ1) is 11.5. The summed E-state index contributed by atoms with van der Waals surface area (Å²) in [5.41, 5.74) is 1.14. The molecule has 18 heavy (non-hydrogen) atoms. The Balaban J connectivity index is 1.88. The first-order chi connectivity index (χ1) is 8.74. The zero-order chi connectivity index (χ0) is 12.5. The smallest absolute Gasteiger partial charge is 0.269 e. The number of hydrogen-bond acceptors (Lipinski definition) is 2. The zero-order valence-electron chi connectivity index (χ0n) is 9.82. The van der Waals surface area contributed by atoms with Gasteiger partial charge in [-0.05, 0) is 30.9 Å². The highest BCUT2D eigenvalue weighted by Gasteiger charge is 2.22. The topological polar surface area (TPSA) is 42.0 Å². The number of aromatic nitrogens is 1. The highest BCUT2D eigenvalue weighted by Crippen LogP contribution is 2.28. The number of rotatable bonds is 3. The molecule has 0 aliphatic heterocycles. The van der Waals surface area contributed by atoms with Crippen molar-refractivity contribution >= 4 is 28.4 Å². The molecule has 1 aliphatic carbocycles. The van der Waals surface area contributed by atoms with E-state index in [2.05, 4.69) is 10.3 Å². The van der Waals surface area contributed by atoms with Crippen LogP contribution in [0.25, 0.3) is 10.9 Å². The van der Waals surface area contributed by atoms with Gasteiger partial charge in [-0.3, -0.25) is 4.79 Å². The van der Waals surface area contributed by atoms with Gasteiger partial charge in [0.1, 0.15) is 5.69 Å². The molecule has 0 bridgehead atoms. The Kier molecular flexibility index (Phi) is 2.92. The summed E-state index contributed by atoms with van der Waals surface area (Å²) in [6, 6.07) is 9.18. The minimum absolute atomic E-state index is 0.144. The normalized spacial score (nSPS) is 14.7. The van der Waals surface area contributed by atoms with Gasteiger partial charge in [0, 0.05) is 11.9 Å². The van der Waals surface area contributed by atoms with Gasteiger partial charge in [-0.15, -0.1) is 0 Å². The van der Waals surface area contributed by atoms with Crippen molar-refractivity contribution < 1.29 is 4.79 Å². The molecule has 1 N–H and O–H groups in total. The summed E-state index contributed by atoms with van der Waals surface area (Å²) in [6.07, 6.45) is 2.43. The third-order valence-corrected chi connectivity index (χ3v) is 3.46. The zero-order valence-corrected chi connectivity index (χ0v) is 10.6. The van der Waals surface area contributed by atoms with Crippen LogP contribution in [-0.2, 0) is 0 Å².